The number of carboxylic acid groups (broad SMARTS) is 1. The summed E-state index contributed by atoms with van der Waals surface area (Å²) < 4.78 is 0. The van der Waals surface area contributed by atoms with Gasteiger partial charge in [-0.2, -0.15) is 0 Å². The SMILES string of the molecule is C=CCN1CCC(NCC(=O)O)C1. The quantitative estimate of drug-likeness (QED) is 0.587. The van der Waals surface area contributed by atoms with Crippen LogP contribution in [0.15, 0.2) is 12.7 Å². The van der Waals surface area contributed by atoms with Gasteiger partial charge in [-0.15, -0.1) is 6.58 Å². The van der Waals surface area contributed by atoms with Crippen molar-refractivity contribution in [3.8, 4) is 0 Å². The highest BCUT2D eigenvalue weighted by atomic mass is 16.4. The first kappa shape index (κ1) is 10.2. The monoisotopic (exact) mass is 184 g/mol. The summed E-state index contributed by atoms with van der Waals surface area (Å²) >= 11 is 0. The maximum atomic E-state index is 10.3. The molecule has 74 valence electrons. The third kappa shape index (κ3) is 3.57. The maximum absolute atomic E-state index is 10.3. The van der Waals surface area contributed by atoms with Crippen molar-refractivity contribution < 1.29 is 9.90 Å². The number of aliphatic carboxylic acids is 1. The van der Waals surface area contributed by atoms with Crippen LogP contribution in [-0.4, -0.2) is 48.2 Å². The molecule has 1 saturated heterocycles. The second-order valence-electron chi connectivity index (χ2n) is 3.31. The second-order valence-corrected chi connectivity index (χ2v) is 3.31. The van der Waals surface area contributed by atoms with Gasteiger partial charge in [0, 0.05) is 25.7 Å². The minimum atomic E-state index is -0.790. The number of nitrogens with one attached hydrogen (secondary N) is 1. The number of likely N-dealkylation sites (tertiary alicyclic amines) is 1. The Hall–Kier alpha value is -0.870. The first-order valence-corrected chi connectivity index (χ1v) is 4.51. The molecule has 1 rings (SSSR count). The average molecular weight is 184 g/mol. The Kier molecular flexibility index (Phi) is 3.92. The van der Waals surface area contributed by atoms with E-state index in [-0.39, 0.29) is 6.54 Å². The van der Waals surface area contributed by atoms with Crippen LogP contribution in [0.4, 0.5) is 0 Å². The fourth-order valence-electron chi connectivity index (χ4n) is 1.58. The summed E-state index contributed by atoms with van der Waals surface area (Å²) in [6, 6.07) is 0.330. The van der Waals surface area contributed by atoms with Crippen molar-refractivity contribution in [3.63, 3.8) is 0 Å². The molecule has 4 nitrogen and oxygen atoms in total. The molecule has 0 aromatic carbocycles. The van der Waals surface area contributed by atoms with E-state index in [1.54, 1.807) is 0 Å². The van der Waals surface area contributed by atoms with Crippen LogP contribution >= 0.6 is 0 Å². The van der Waals surface area contributed by atoms with Gasteiger partial charge in [0.05, 0.1) is 6.54 Å². The summed E-state index contributed by atoms with van der Waals surface area (Å²) in [5.41, 5.74) is 0. The van der Waals surface area contributed by atoms with E-state index in [0.717, 1.165) is 26.1 Å². The van der Waals surface area contributed by atoms with Crippen molar-refractivity contribution >= 4 is 5.97 Å². The van der Waals surface area contributed by atoms with Gasteiger partial charge in [-0.25, -0.2) is 0 Å². The lowest BCUT2D eigenvalue weighted by molar-refractivity contribution is -0.136. The largest absolute Gasteiger partial charge is 0.480 e. The van der Waals surface area contributed by atoms with Crippen molar-refractivity contribution in [3.05, 3.63) is 12.7 Å². The lowest BCUT2D eigenvalue weighted by atomic mass is 10.2. The summed E-state index contributed by atoms with van der Waals surface area (Å²) in [7, 11) is 0. The predicted molar refractivity (Wildman–Crippen MR) is 50.7 cm³/mol. The Labute approximate surface area is 78.2 Å². The highest BCUT2D eigenvalue weighted by Crippen LogP contribution is 2.07. The van der Waals surface area contributed by atoms with Crippen molar-refractivity contribution in [1.82, 2.24) is 10.2 Å². The molecule has 2 N–H and O–H groups in total. The van der Waals surface area contributed by atoms with Gasteiger partial charge in [0.15, 0.2) is 0 Å². The molecule has 0 aromatic heterocycles. The summed E-state index contributed by atoms with van der Waals surface area (Å²) in [6.45, 7) is 6.58. The number of carbonyl (C=O) groups is 1. The molecule has 13 heavy (non-hydrogen) atoms. The van der Waals surface area contributed by atoms with E-state index in [4.69, 9.17) is 5.11 Å². The number of hydrogen-bond acceptors (Lipinski definition) is 3. The fraction of sp³-hybridized carbons (Fsp3) is 0.667. The normalized spacial score (nSPS) is 23.2. The molecule has 1 aliphatic heterocycles. The maximum Gasteiger partial charge on any atom is 0.317 e. The van der Waals surface area contributed by atoms with Crippen LogP contribution in [0.25, 0.3) is 0 Å². The first-order valence-electron chi connectivity index (χ1n) is 4.51. The van der Waals surface area contributed by atoms with Gasteiger partial charge in [-0.05, 0) is 6.42 Å². The number of carboxylic acids is 1. The lowest BCUT2D eigenvalue weighted by Gasteiger charge is -2.13. The molecule has 4 heteroatoms. The number of nitrogens with zero attached hydrogens (tertiary/aromatic N) is 1. The zero-order valence-electron chi connectivity index (χ0n) is 7.70. The van der Waals surface area contributed by atoms with E-state index >= 15 is 0 Å². The summed E-state index contributed by atoms with van der Waals surface area (Å²) in [6.07, 6.45) is 2.90. The van der Waals surface area contributed by atoms with E-state index in [9.17, 15) is 4.79 Å². The van der Waals surface area contributed by atoms with Crippen LogP contribution in [0.2, 0.25) is 0 Å². The number of rotatable bonds is 5. The number of hydrogen-bond donors (Lipinski definition) is 2. The predicted octanol–water partition coefficient (Wildman–Crippen LogP) is -0.0791. The van der Waals surface area contributed by atoms with Crippen molar-refractivity contribution in [2.24, 2.45) is 0 Å². The average Bonchev–Trinajstić information content (AvgIpc) is 2.50. The van der Waals surface area contributed by atoms with E-state index < -0.39 is 5.97 Å². The van der Waals surface area contributed by atoms with E-state index in [1.807, 2.05) is 6.08 Å². The third-order valence-corrected chi connectivity index (χ3v) is 2.20. The van der Waals surface area contributed by atoms with Gasteiger partial charge >= 0.3 is 5.97 Å². The molecule has 1 fully saturated rings. The third-order valence-electron chi connectivity index (χ3n) is 2.20. The molecule has 0 amide bonds. The summed E-state index contributed by atoms with van der Waals surface area (Å²) in [4.78, 5) is 12.5. The van der Waals surface area contributed by atoms with Crippen molar-refractivity contribution in [2.75, 3.05) is 26.2 Å². The van der Waals surface area contributed by atoms with Gasteiger partial charge in [-0.1, -0.05) is 6.08 Å². The minimum absolute atomic E-state index is 0.0621. The van der Waals surface area contributed by atoms with Gasteiger partial charge in [0.2, 0.25) is 0 Å². The van der Waals surface area contributed by atoms with Crippen LogP contribution < -0.4 is 5.32 Å². The van der Waals surface area contributed by atoms with Crippen LogP contribution in [-0.2, 0) is 4.79 Å². The Balaban J connectivity index is 2.17. The van der Waals surface area contributed by atoms with Crippen LogP contribution in [0.3, 0.4) is 0 Å². The smallest absolute Gasteiger partial charge is 0.317 e. The summed E-state index contributed by atoms with van der Waals surface area (Å²) in [5, 5.41) is 11.4. The zero-order chi connectivity index (χ0) is 9.68. The molecule has 1 heterocycles. The van der Waals surface area contributed by atoms with E-state index in [2.05, 4.69) is 16.8 Å². The second kappa shape index (κ2) is 4.99. The van der Waals surface area contributed by atoms with Gasteiger partial charge in [0.1, 0.15) is 0 Å². The van der Waals surface area contributed by atoms with E-state index in [1.165, 1.54) is 0 Å². The Morgan fingerprint density at radius 2 is 2.54 bits per heavy atom. The Morgan fingerprint density at radius 3 is 3.15 bits per heavy atom. The zero-order valence-corrected chi connectivity index (χ0v) is 7.70. The topological polar surface area (TPSA) is 52.6 Å². The van der Waals surface area contributed by atoms with Gasteiger partial charge < -0.3 is 10.4 Å². The molecule has 1 atom stereocenters. The molecular weight excluding hydrogens is 168 g/mol. The van der Waals surface area contributed by atoms with Gasteiger partial charge in [-0.3, -0.25) is 9.69 Å². The Bertz CT molecular complexity index is 194. The molecule has 0 saturated carbocycles. The van der Waals surface area contributed by atoms with Gasteiger partial charge in [0.25, 0.3) is 0 Å². The van der Waals surface area contributed by atoms with Crippen LogP contribution in [0.5, 0.6) is 0 Å². The standard InChI is InChI=1S/C9H16N2O2/c1-2-4-11-5-3-8(7-11)10-6-9(12)13/h2,8,10H,1,3-7H2,(H,12,13). The highest BCUT2D eigenvalue weighted by Gasteiger charge is 2.20. The first-order chi connectivity index (χ1) is 6.22. The molecule has 0 radical (unpaired) electrons. The summed E-state index contributed by atoms with van der Waals surface area (Å²) in [5.74, 6) is -0.790. The lowest BCUT2D eigenvalue weighted by Crippen LogP contribution is -2.35. The molecule has 0 bridgehead atoms. The molecule has 1 aliphatic rings. The minimum Gasteiger partial charge on any atom is -0.480 e. The Morgan fingerprint density at radius 1 is 1.77 bits per heavy atom. The molecule has 0 aromatic rings. The molecule has 0 aliphatic carbocycles. The van der Waals surface area contributed by atoms with Crippen LogP contribution in [0.1, 0.15) is 6.42 Å². The van der Waals surface area contributed by atoms with Crippen molar-refractivity contribution in [2.45, 2.75) is 12.5 Å². The van der Waals surface area contributed by atoms with Crippen molar-refractivity contribution in [1.29, 1.82) is 0 Å². The van der Waals surface area contributed by atoms with Crippen LogP contribution in [0, 0.1) is 0 Å². The molecule has 1 unspecified atom stereocenters. The molecular formula is C9H16N2O2. The molecule has 0 spiro atoms. The van der Waals surface area contributed by atoms with E-state index in [0.29, 0.717) is 6.04 Å². The highest BCUT2D eigenvalue weighted by molar-refractivity contribution is 5.69. The fourth-order valence-corrected chi connectivity index (χ4v) is 1.58.